The van der Waals surface area contributed by atoms with Crippen molar-refractivity contribution in [3.8, 4) is 0 Å². The molecule has 0 radical (unpaired) electrons. The minimum Gasteiger partial charge on any atom is -0.398 e. The summed E-state index contributed by atoms with van der Waals surface area (Å²) in [5, 5.41) is 6.02. The third-order valence-corrected chi connectivity index (χ3v) is 4.36. The molecule has 1 heterocycles. The highest BCUT2D eigenvalue weighted by atomic mass is 79.9. The number of hydrogen-bond acceptors (Lipinski definition) is 3. The molecule has 3 N–H and O–H groups in total. The van der Waals surface area contributed by atoms with Crippen LogP contribution in [0.2, 0.25) is 0 Å². The fourth-order valence-electron chi connectivity index (χ4n) is 1.97. The maximum absolute atomic E-state index is 12.3. The van der Waals surface area contributed by atoms with Gasteiger partial charge >= 0.3 is 0 Å². The van der Waals surface area contributed by atoms with Crippen LogP contribution in [0.25, 0.3) is 10.1 Å². The van der Waals surface area contributed by atoms with E-state index in [1.807, 2.05) is 35.7 Å². The summed E-state index contributed by atoms with van der Waals surface area (Å²) in [7, 11) is 0. The fourth-order valence-corrected chi connectivity index (χ4v) is 3.10. The van der Waals surface area contributed by atoms with Crippen molar-refractivity contribution in [2.45, 2.75) is 0 Å². The van der Waals surface area contributed by atoms with Crippen LogP contribution in [0.1, 0.15) is 10.4 Å². The molecule has 3 rings (SSSR count). The largest absolute Gasteiger partial charge is 0.398 e. The molecule has 0 saturated heterocycles. The average molecular weight is 347 g/mol. The first-order chi connectivity index (χ1) is 9.63. The highest BCUT2D eigenvalue weighted by Gasteiger charge is 2.10. The third-order valence-electron chi connectivity index (χ3n) is 2.97. The summed E-state index contributed by atoms with van der Waals surface area (Å²) < 4.78 is 2.02. The van der Waals surface area contributed by atoms with Gasteiger partial charge in [-0.3, -0.25) is 4.79 Å². The monoisotopic (exact) mass is 346 g/mol. The number of hydrogen-bond donors (Lipinski definition) is 2. The van der Waals surface area contributed by atoms with Crippen molar-refractivity contribution in [1.29, 1.82) is 0 Å². The van der Waals surface area contributed by atoms with Gasteiger partial charge in [0.25, 0.3) is 5.91 Å². The Labute approximate surface area is 128 Å². The average Bonchev–Trinajstić information content (AvgIpc) is 2.89. The van der Waals surface area contributed by atoms with Gasteiger partial charge in [-0.05, 0) is 53.2 Å². The lowest BCUT2D eigenvalue weighted by molar-refractivity contribution is 0.102. The Morgan fingerprint density at radius 3 is 2.85 bits per heavy atom. The van der Waals surface area contributed by atoms with Crippen LogP contribution < -0.4 is 11.1 Å². The van der Waals surface area contributed by atoms with E-state index >= 15 is 0 Å². The van der Waals surface area contributed by atoms with Gasteiger partial charge in [0.1, 0.15) is 0 Å². The van der Waals surface area contributed by atoms with Gasteiger partial charge in [-0.25, -0.2) is 0 Å². The van der Waals surface area contributed by atoms with E-state index in [9.17, 15) is 4.79 Å². The van der Waals surface area contributed by atoms with E-state index in [4.69, 9.17) is 5.73 Å². The lowest BCUT2D eigenvalue weighted by Crippen LogP contribution is -2.13. The smallest absolute Gasteiger partial charge is 0.257 e. The SMILES string of the molecule is Nc1ccc(Br)cc1C(=O)Nc1ccc2sccc2c1. The summed E-state index contributed by atoms with van der Waals surface area (Å²) in [6, 6.07) is 13.1. The lowest BCUT2D eigenvalue weighted by atomic mass is 10.1. The van der Waals surface area contributed by atoms with Crippen LogP contribution in [-0.4, -0.2) is 5.91 Å². The number of carbonyl (C=O) groups excluding carboxylic acids is 1. The van der Waals surface area contributed by atoms with Crippen molar-refractivity contribution in [3.05, 3.63) is 57.9 Å². The number of amides is 1. The van der Waals surface area contributed by atoms with Crippen LogP contribution >= 0.6 is 27.3 Å². The molecule has 20 heavy (non-hydrogen) atoms. The molecular formula is C15H11BrN2OS. The Morgan fingerprint density at radius 1 is 1.15 bits per heavy atom. The number of fused-ring (bicyclic) bond motifs is 1. The van der Waals surface area contributed by atoms with E-state index in [0.29, 0.717) is 11.3 Å². The van der Waals surface area contributed by atoms with Crippen LogP contribution in [0.4, 0.5) is 11.4 Å². The number of anilines is 2. The maximum Gasteiger partial charge on any atom is 0.257 e. The number of halogens is 1. The molecule has 0 saturated carbocycles. The van der Waals surface area contributed by atoms with Crippen molar-refractivity contribution < 1.29 is 4.79 Å². The number of rotatable bonds is 2. The van der Waals surface area contributed by atoms with E-state index in [0.717, 1.165) is 15.5 Å². The quantitative estimate of drug-likeness (QED) is 0.671. The number of nitrogen functional groups attached to an aromatic ring is 1. The summed E-state index contributed by atoms with van der Waals surface area (Å²) in [6.07, 6.45) is 0. The summed E-state index contributed by atoms with van der Waals surface area (Å²) in [5.74, 6) is -0.210. The Hall–Kier alpha value is -1.85. The molecule has 2 aromatic carbocycles. The number of nitrogens with one attached hydrogen (secondary N) is 1. The Kier molecular flexibility index (Phi) is 3.46. The predicted octanol–water partition coefficient (Wildman–Crippen LogP) is 4.50. The molecule has 0 aliphatic rings. The molecule has 3 aromatic rings. The van der Waals surface area contributed by atoms with Crippen LogP contribution in [0, 0.1) is 0 Å². The van der Waals surface area contributed by atoms with Gasteiger partial charge in [-0.2, -0.15) is 0 Å². The van der Waals surface area contributed by atoms with Gasteiger partial charge < -0.3 is 11.1 Å². The topological polar surface area (TPSA) is 55.1 Å². The second-order valence-electron chi connectivity index (χ2n) is 4.36. The minimum atomic E-state index is -0.210. The van der Waals surface area contributed by atoms with Crippen molar-refractivity contribution in [2.75, 3.05) is 11.1 Å². The van der Waals surface area contributed by atoms with Gasteiger partial charge in [0, 0.05) is 20.5 Å². The number of nitrogens with two attached hydrogens (primary N) is 1. The summed E-state index contributed by atoms with van der Waals surface area (Å²) in [4.78, 5) is 12.3. The first-order valence-electron chi connectivity index (χ1n) is 5.97. The Balaban J connectivity index is 1.89. The van der Waals surface area contributed by atoms with Crippen LogP contribution in [-0.2, 0) is 0 Å². The molecule has 0 atom stereocenters. The van der Waals surface area contributed by atoms with Crippen molar-refractivity contribution in [2.24, 2.45) is 0 Å². The highest BCUT2D eigenvalue weighted by Crippen LogP contribution is 2.25. The second-order valence-corrected chi connectivity index (χ2v) is 6.22. The number of benzene rings is 2. The van der Waals surface area contributed by atoms with E-state index in [1.54, 1.807) is 23.5 Å². The zero-order chi connectivity index (χ0) is 14.1. The summed E-state index contributed by atoms with van der Waals surface area (Å²) in [6.45, 7) is 0. The molecule has 0 unspecified atom stereocenters. The standard InChI is InChI=1S/C15H11BrN2OS/c16-10-1-3-13(17)12(8-10)15(19)18-11-2-4-14-9(7-11)5-6-20-14/h1-8H,17H2,(H,18,19). The van der Waals surface area contributed by atoms with E-state index in [2.05, 4.69) is 21.2 Å². The van der Waals surface area contributed by atoms with Gasteiger partial charge in [0.2, 0.25) is 0 Å². The Morgan fingerprint density at radius 2 is 2.00 bits per heavy atom. The molecule has 1 amide bonds. The van der Waals surface area contributed by atoms with Gasteiger partial charge in [0.05, 0.1) is 5.56 Å². The molecule has 3 nitrogen and oxygen atoms in total. The van der Waals surface area contributed by atoms with E-state index in [-0.39, 0.29) is 5.91 Å². The second kappa shape index (κ2) is 5.26. The van der Waals surface area contributed by atoms with Crippen LogP contribution in [0.5, 0.6) is 0 Å². The zero-order valence-corrected chi connectivity index (χ0v) is 12.8. The van der Waals surface area contributed by atoms with Crippen LogP contribution in [0.15, 0.2) is 52.3 Å². The van der Waals surface area contributed by atoms with Gasteiger partial charge in [-0.15, -0.1) is 11.3 Å². The van der Waals surface area contributed by atoms with Crippen molar-refractivity contribution in [1.82, 2.24) is 0 Å². The molecule has 0 aliphatic heterocycles. The molecule has 1 aromatic heterocycles. The molecule has 0 spiro atoms. The van der Waals surface area contributed by atoms with Crippen molar-refractivity contribution >= 4 is 54.6 Å². The molecule has 5 heteroatoms. The molecular weight excluding hydrogens is 336 g/mol. The van der Waals surface area contributed by atoms with Crippen LogP contribution in [0.3, 0.4) is 0 Å². The predicted molar refractivity (Wildman–Crippen MR) is 88.3 cm³/mol. The minimum absolute atomic E-state index is 0.210. The number of carbonyl (C=O) groups is 1. The van der Waals surface area contributed by atoms with E-state index < -0.39 is 0 Å². The highest BCUT2D eigenvalue weighted by molar-refractivity contribution is 9.10. The molecule has 0 aliphatic carbocycles. The summed E-state index contributed by atoms with van der Waals surface area (Å²) >= 11 is 5.02. The van der Waals surface area contributed by atoms with Gasteiger partial charge in [0.15, 0.2) is 0 Å². The molecule has 100 valence electrons. The normalized spacial score (nSPS) is 10.7. The summed E-state index contributed by atoms with van der Waals surface area (Å²) in [5.41, 5.74) is 7.53. The zero-order valence-electron chi connectivity index (χ0n) is 10.4. The van der Waals surface area contributed by atoms with E-state index in [1.165, 1.54) is 4.70 Å². The first kappa shape index (κ1) is 13.1. The third kappa shape index (κ3) is 2.55. The van der Waals surface area contributed by atoms with Gasteiger partial charge in [-0.1, -0.05) is 15.9 Å². The maximum atomic E-state index is 12.3. The lowest BCUT2D eigenvalue weighted by Gasteiger charge is -2.08. The first-order valence-corrected chi connectivity index (χ1v) is 7.64. The fraction of sp³-hybridized carbons (Fsp3) is 0. The molecule has 0 fully saturated rings. The Bertz CT molecular complexity index is 797. The molecule has 0 bridgehead atoms. The number of thiophene rings is 1. The van der Waals surface area contributed by atoms with Crippen molar-refractivity contribution in [3.63, 3.8) is 0 Å².